The molecule has 0 aromatic heterocycles. The van der Waals surface area contributed by atoms with E-state index in [9.17, 15) is 9.59 Å². The van der Waals surface area contributed by atoms with E-state index in [1.54, 1.807) is 14.0 Å². The van der Waals surface area contributed by atoms with Gasteiger partial charge in [-0.1, -0.05) is 0 Å². The molecule has 3 aliphatic rings. The summed E-state index contributed by atoms with van der Waals surface area (Å²) < 4.78 is 5.75. The first-order valence-electron chi connectivity index (χ1n) is 9.35. The molecule has 2 amide bonds. The van der Waals surface area contributed by atoms with Gasteiger partial charge < -0.3 is 15.4 Å². The molecule has 0 saturated carbocycles. The molecule has 7 heteroatoms. The minimum atomic E-state index is -0.507. The van der Waals surface area contributed by atoms with E-state index in [0.717, 1.165) is 65.0 Å². The van der Waals surface area contributed by atoms with Crippen molar-refractivity contribution >= 4 is 11.8 Å². The van der Waals surface area contributed by atoms with Gasteiger partial charge in [0.05, 0.1) is 6.10 Å². The number of hydrogen-bond acceptors (Lipinski definition) is 5. The van der Waals surface area contributed by atoms with Crippen LogP contribution in [0.5, 0.6) is 0 Å². The molecule has 2 bridgehead atoms. The van der Waals surface area contributed by atoms with Crippen LogP contribution in [0.4, 0.5) is 0 Å². The number of nitrogens with two attached hydrogens (primary N) is 1. The lowest BCUT2D eigenvalue weighted by atomic mass is 9.87. The van der Waals surface area contributed by atoms with E-state index < -0.39 is 5.54 Å². The van der Waals surface area contributed by atoms with E-state index in [1.165, 1.54) is 0 Å². The summed E-state index contributed by atoms with van der Waals surface area (Å²) >= 11 is 0. The van der Waals surface area contributed by atoms with Crippen LogP contribution >= 0.6 is 0 Å². The molecule has 0 aliphatic carbocycles. The molecule has 3 saturated heterocycles. The predicted octanol–water partition coefficient (Wildman–Crippen LogP) is -0.148. The molecule has 3 heterocycles. The number of amides is 2. The molecule has 0 spiro atoms. The highest BCUT2D eigenvalue weighted by Gasteiger charge is 2.53. The van der Waals surface area contributed by atoms with Crippen LogP contribution in [0.15, 0.2) is 0 Å². The molecule has 141 valence electrons. The Labute approximate surface area is 150 Å². The van der Waals surface area contributed by atoms with E-state index in [4.69, 9.17) is 10.5 Å². The minimum absolute atomic E-state index is 0.0429. The second kappa shape index (κ2) is 7.60. The van der Waals surface area contributed by atoms with Gasteiger partial charge in [-0.3, -0.25) is 19.4 Å². The maximum atomic E-state index is 12.2. The molecular formula is C18H31N4O3. The third-order valence-corrected chi connectivity index (χ3v) is 6.27. The van der Waals surface area contributed by atoms with Crippen LogP contribution in [-0.2, 0) is 14.3 Å². The summed E-state index contributed by atoms with van der Waals surface area (Å²) in [5.41, 5.74) is 5.28. The summed E-state index contributed by atoms with van der Waals surface area (Å²) in [7, 11) is 1.74. The first kappa shape index (κ1) is 18.6. The molecule has 7 nitrogen and oxygen atoms in total. The van der Waals surface area contributed by atoms with Crippen molar-refractivity contribution in [3.05, 3.63) is 6.42 Å². The largest absolute Gasteiger partial charge is 0.379 e. The number of hydrogen-bond donors (Lipinski definition) is 1. The van der Waals surface area contributed by atoms with Crippen LogP contribution in [0.2, 0.25) is 0 Å². The quantitative estimate of drug-likeness (QED) is 0.720. The Morgan fingerprint density at radius 2 is 2.00 bits per heavy atom. The van der Waals surface area contributed by atoms with Crippen molar-refractivity contribution < 1.29 is 14.3 Å². The summed E-state index contributed by atoms with van der Waals surface area (Å²) in [5, 5.41) is 0. The van der Waals surface area contributed by atoms with E-state index in [0.29, 0.717) is 6.04 Å². The van der Waals surface area contributed by atoms with Crippen LogP contribution in [0.3, 0.4) is 0 Å². The number of carbonyl (C=O) groups is 2. The maximum absolute atomic E-state index is 12.2. The maximum Gasteiger partial charge on any atom is 0.237 e. The Balaban J connectivity index is 1.59. The zero-order valence-corrected chi connectivity index (χ0v) is 15.4. The molecule has 3 atom stereocenters. The molecule has 1 unspecified atom stereocenters. The molecule has 0 aromatic rings. The van der Waals surface area contributed by atoms with Gasteiger partial charge in [0.25, 0.3) is 0 Å². The van der Waals surface area contributed by atoms with Crippen molar-refractivity contribution in [3.8, 4) is 0 Å². The highest BCUT2D eigenvalue weighted by molar-refractivity contribution is 5.85. The Morgan fingerprint density at radius 3 is 2.60 bits per heavy atom. The Bertz CT molecular complexity index is 503. The molecule has 25 heavy (non-hydrogen) atoms. The van der Waals surface area contributed by atoms with E-state index in [1.807, 2.05) is 4.90 Å². The standard InChI is InChI=1S/C18H31N4O3/c1-14(23)21-10-8-20(9-11-21)12-16(25-2)13-22-15-4-3-6-18(22,7-5-15)17(19)24/h3,15-16H,4-13H2,1-2H3,(H2,19,24)/t15-,16?,18+/m1/s1. The summed E-state index contributed by atoms with van der Waals surface area (Å²) in [5.74, 6) is -0.0524. The lowest BCUT2D eigenvalue weighted by Crippen LogP contribution is -2.61. The average molecular weight is 351 g/mol. The van der Waals surface area contributed by atoms with Crippen molar-refractivity contribution in [3.63, 3.8) is 0 Å². The molecule has 3 aliphatic heterocycles. The minimum Gasteiger partial charge on any atom is -0.379 e. The van der Waals surface area contributed by atoms with Crippen molar-refractivity contribution in [1.29, 1.82) is 0 Å². The van der Waals surface area contributed by atoms with Gasteiger partial charge in [0.1, 0.15) is 5.54 Å². The highest BCUT2D eigenvalue weighted by atomic mass is 16.5. The van der Waals surface area contributed by atoms with Gasteiger partial charge >= 0.3 is 0 Å². The number of nitrogens with zero attached hydrogens (tertiary/aromatic N) is 3. The lowest BCUT2D eigenvalue weighted by Gasteiger charge is -2.44. The highest BCUT2D eigenvalue weighted by Crippen LogP contribution is 2.43. The van der Waals surface area contributed by atoms with Gasteiger partial charge in [-0.05, 0) is 32.1 Å². The van der Waals surface area contributed by atoms with Crippen LogP contribution in [-0.4, -0.2) is 90.6 Å². The SMILES string of the molecule is COC(CN1CCN(C(C)=O)CC1)CN1[C@@H]2C[CH]C[C@@]1(C(N)=O)CC2. The molecular weight excluding hydrogens is 320 g/mol. The van der Waals surface area contributed by atoms with Crippen molar-refractivity contribution in [2.24, 2.45) is 5.73 Å². The number of fused-ring (bicyclic) bond motifs is 2. The van der Waals surface area contributed by atoms with Crippen LogP contribution in [0, 0.1) is 6.42 Å². The fourth-order valence-corrected chi connectivity index (χ4v) is 4.68. The van der Waals surface area contributed by atoms with Crippen molar-refractivity contribution in [1.82, 2.24) is 14.7 Å². The lowest BCUT2D eigenvalue weighted by molar-refractivity contribution is -0.132. The fraction of sp³-hybridized carbons (Fsp3) is 0.833. The zero-order chi connectivity index (χ0) is 18.0. The number of piperazine rings is 1. The molecule has 3 rings (SSSR count). The van der Waals surface area contributed by atoms with Crippen LogP contribution < -0.4 is 5.73 Å². The van der Waals surface area contributed by atoms with Crippen molar-refractivity contribution in [2.75, 3.05) is 46.4 Å². The predicted molar refractivity (Wildman–Crippen MR) is 94.7 cm³/mol. The van der Waals surface area contributed by atoms with Crippen LogP contribution in [0.1, 0.15) is 32.6 Å². The van der Waals surface area contributed by atoms with Gasteiger partial charge in [0, 0.05) is 59.3 Å². The monoisotopic (exact) mass is 351 g/mol. The Hall–Kier alpha value is -1.18. The van der Waals surface area contributed by atoms with E-state index >= 15 is 0 Å². The second-order valence-corrected chi connectivity index (χ2v) is 7.63. The number of carbonyl (C=O) groups excluding carboxylic acids is 2. The van der Waals surface area contributed by atoms with E-state index in [-0.39, 0.29) is 17.9 Å². The number of methoxy groups -OCH3 is 1. The summed E-state index contributed by atoms with van der Waals surface area (Å²) in [6.07, 6.45) is 5.95. The molecule has 0 aromatic carbocycles. The molecule has 1 radical (unpaired) electrons. The third-order valence-electron chi connectivity index (χ3n) is 6.27. The summed E-state index contributed by atoms with van der Waals surface area (Å²) in [4.78, 5) is 30.2. The van der Waals surface area contributed by atoms with Crippen LogP contribution in [0.25, 0.3) is 0 Å². The number of ether oxygens (including phenoxy) is 1. The first-order valence-corrected chi connectivity index (χ1v) is 9.35. The third kappa shape index (κ3) is 3.68. The smallest absolute Gasteiger partial charge is 0.237 e. The molecule has 2 N–H and O–H groups in total. The molecule has 3 fully saturated rings. The van der Waals surface area contributed by atoms with E-state index in [2.05, 4.69) is 16.2 Å². The van der Waals surface area contributed by atoms with Gasteiger partial charge in [-0.15, -0.1) is 0 Å². The summed E-state index contributed by atoms with van der Waals surface area (Å²) in [6, 6.07) is 0.411. The Kier molecular flexibility index (Phi) is 5.65. The topological polar surface area (TPSA) is 79.1 Å². The van der Waals surface area contributed by atoms with Gasteiger partial charge in [-0.25, -0.2) is 0 Å². The number of primary amides is 1. The normalized spacial score (nSPS) is 31.9. The van der Waals surface area contributed by atoms with Gasteiger partial charge in [0.15, 0.2) is 0 Å². The Morgan fingerprint density at radius 1 is 1.28 bits per heavy atom. The van der Waals surface area contributed by atoms with Crippen molar-refractivity contribution in [2.45, 2.75) is 50.3 Å². The number of piperidine rings is 1. The van der Waals surface area contributed by atoms with Gasteiger partial charge in [-0.2, -0.15) is 0 Å². The fourth-order valence-electron chi connectivity index (χ4n) is 4.68. The summed E-state index contributed by atoms with van der Waals surface area (Å²) in [6.45, 7) is 6.49. The zero-order valence-electron chi connectivity index (χ0n) is 15.4. The van der Waals surface area contributed by atoms with Gasteiger partial charge in [0.2, 0.25) is 11.8 Å². The number of rotatable bonds is 6. The second-order valence-electron chi connectivity index (χ2n) is 7.63. The first-order chi connectivity index (χ1) is 12.0. The average Bonchev–Trinajstić information content (AvgIpc) is 2.80.